The Morgan fingerprint density at radius 3 is 2.35 bits per heavy atom. The van der Waals surface area contributed by atoms with Gasteiger partial charge in [0.25, 0.3) is 11.8 Å². The molecule has 5 aliphatic rings. The van der Waals surface area contributed by atoms with Gasteiger partial charge in [-0.15, -0.1) is 0 Å². The molecule has 0 radical (unpaired) electrons. The molecular weight excluding hydrogens is 689 g/mol. The van der Waals surface area contributed by atoms with Crippen molar-refractivity contribution in [1.82, 2.24) is 29.8 Å². The van der Waals surface area contributed by atoms with Crippen molar-refractivity contribution in [1.29, 1.82) is 0 Å². The lowest BCUT2D eigenvalue weighted by molar-refractivity contribution is -0.307. The van der Waals surface area contributed by atoms with Crippen molar-refractivity contribution in [3.63, 3.8) is 0 Å². The number of imide groups is 1. The topological polar surface area (TPSA) is 100 Å². The Labute approximate surface area is 286 Å². The van der Waals surface area contributed by atoms with Gasteiger partial charge >= 0.3 is 12.2 Å². The molecule has 2 aliphatic carbocycles. The average Bonchev–Trinajstić information content (AvgIpc) is 3.66. The van der Waals surface area contributed by atoms with Gasteiger partial charge in [0.2, 0.25) is 5.91 Å². The van der Waals surface area contributed by atoms with E-state index in [4.69, 9.17) is 4.74 Å². The standard InChI is InChI=1S/C34H31F7N6O4/c35-22-4-1-19(2-5-22)10-46(31(34(39,40)41)17-32(37,38)18-31)28(48)14-45-29(49)33(43-30(45)50)8-27(36)25-7-20(3-6-26(25)33)21-9-42-47(11-21)23-12-44(13-23)24-15-51-16-24/h1-7,9,11,23-24,27H,8,10,12-18H2,(H,43,50)/t27-,33+/m1/s1. The molecule has 10 nitrogen and oxygen atoms in total. The van der Waals surface area contributed by atoms with Gasteiger partial charge in [-0.25, -0.2) is 22.4 Å². The summed E-state index contributed by atoms with van der Waals surface area (Å²) in [6, 6.07) is 8.19. The van der Waals surface area contributed by atoms with Crippen LogP contribution in [0, 0.1) is 5.82 Å². The number of amides is 4. The molecular formula is C34H31F7N6O4. The minimum atomic E-state index is -5.31. The Kier molecular flexibility index (Phi) is 7.58. The first kappa shape index (κ1) is 33.6. The van der Waals surface area contributed by atoms with Crippen molar-refractivity contribution in [2.75, 3.05) is 32.8 Å². The molecule has 4 fully saturated rings. The second-order valence-corrected chi connectivity index (χ2v) is 14.1. The van der Waals surface area contributed by atoms with Crippen LogP contribution in [0.25, 0.3) is 11.1 Å². The van der Waals surface area contributed by atoms with Crippen LogP contribution in [0.3, 0.4) is 0 Å². The molecule has 3 saturated heterocycles. The van der Waals surface area contributed by atoms with E-state index in [1.54, 1.807) is 18.3 Å². The van der Waals surface area contributed by atoms with Crippen molar-refractivity contribution >= 4 is 17.8 Å². The molecule has 1 aromatic heterocycles. The lowest BCUT2D eigenvalue weighted by Gasteiger charge is -2.54. The summed E-state index contributed by atoms with van der Waals surface area (Å²) in [5.41, 5.74) is -3.69. The largest absolute Gasteiger partial charge is 0.412 e. The molecule has 1 N–H and O–H groups in total. The number of rotatable bonds is 8. The van der Waals surface area contributed by atoms with Crippen LogP contribution in [-0.2, 0) is 26.4 Å². The van der Waals surface area contributed by atoms with Crippen LogP contribution in [0.5, 0.6) is 0 Å². The van der Waals surface area contributed by atoms with E-state index in [-0.39, 0.29) is 27.6 Å². The molecule has 1 saturated carbocycles. The summed E-state index contributed by atoms with van der Waals surface area (Å²) in [7, 11) is 0. The highest BCUT2D eigenvalue weighted by atomic mass is 19.4. The Hall–Kier alpha value is -4.51. The first-order valence-electron chi connectivity index (χ1n) is 16.4. The van der Waals surface area contributed by atoms with Gasteiger partial charge in [0.05, 0.1) is 31.5 Å². The van der Waals surface area contributed by atoms with E-state index >= 15 is 4.39 Å². The number of fused-ring (bicyclic) bond motifs is 2. The van der Waals surface area contributed by atoms with E-state index in [2.05, 4.69) is 15.3 Å². The van der Waals surface area contributed by atoms with E-state index in [1.807, 2.05) is 10.9 Å². The quantitative estimate of drug-likeness (QED) is 0.264. The maximum Gasteiger partial charge on any atom is 0.412 e. The molecule has 0 unspecified atom stereocenters. The summed E-state index contributed by atoms with van der Waals surface area (Å²) < 4.78 is 108. The van der Waals surface area contributed by atoms with Crippen LogP contribution in [0.15, 0.2) is 54.9 Å². The lowest BCUT2D eigenvalue weighted by Crippen LogP contribution is -2.71. The van der Waals surface area contributed by atoms with E-state index in [0.29, 0.717) is 35.3 Å². The number of aromatic nitrogens is 2. The average molecular weight is 721 g/mol. The molecule has 51 heavy (non-hydrogen) atoms. The highest BCUT2D eigenvalue weighted by Gasteiger charge is 2.73. The van der Waals surface area contributed by atoms with Gasteiger partial charge < -0.3 is 15.0 Å². The Morgan fingerprint density at radius 2 is 1.73 bits per heavy atom. The Bertz CT molecular complexity index is 1900. The normalized spacial score (nSPS) is 25.7. The highest BCUT2D eigenvalue weighted by Crippen LogP contribution is 2.57. The molecule has 3 aromatic rings. The molecule has 2 aromatic carbocycles. The minimum Gasteiger partial charge on any atom is -0.378 e. The molecule has 2 atom stereocenters. The first-order chi connectivity index (χ1) is 24.1. The molecule has 3 aliphatic heterocycles. The molecule has 8 rings (SSSR count). The fraction of sp³-hybridized carbons (Fsp3) is 0.471. The summed E-state index contributed by atoms with van der Waals surface area (Å²) in [4.78, 5) is 43.7. The summed E-state index contributed by atoms with van der Waals surface area (Å²) in [6.45, 7) is 0.988. The monoisotopic (exact) mass is 720 g/mol. The van der Waals surface area contributed by atoms with E-state index in [9.17, 15) is 40.7 Å². The Balaban J connectivity index is 1.03. The number of hydrogen-bond donors (Lipinski definition) is 1. The predicted molar refractivity (Wildman–Crippen MR) is 163 cm³/mol. The van der Waals surface area contributed by atoms with Gasteiger partial charge in [0.15, 0.2) is 0 Å². The number of likely N-dealkylation sites (tertiary alicyclic amines) is 1. The third-order valence-corrected chi connectivity index (χ3v) is 10.8. The van der Waals surface area contributed by atoms with Gasteiger partial charge in [-0.05, 0) is 40.5 Å². The van der Waals surface area contributed by atoms with Crippen LogP contribution in [-0.4, -0.2) is 98.9 Å². The molecule has 4 heterocycles. The van der Waals surface area contributed by atoms with E-state index < -0.39 is 85.4 Å². The smallest absolute Gasteiger partial charge is 0.378 e. The number of carbonyl (C=O) groups excluding carboxylic acids is 3. The number of hydrogen-bond acceptors (Lipinski definition) is 6. The van der Waals surface area contributed by atoms with Crippen molar-refractivity contribution in [2.24, 2.45) is 0 Å². The number of nitrogens with zero attached hydrogens (tertiary/aromatic N) is 5. The maximum absolute atomic E-state index is 15.7. The number of carbonyl (C=O) groups is 3. The van der Waals surface area contributed by atoms with Crippen LogP contribution >= 0.6 is 0 Å². The summed E-state index contributed by atoms with van der Waals surface area (Å²) in [5, 5.41) is 6.93. The van der Waals surface area contributed by atoms with Crippen molar-refractivity contribution in [3.8, 4) is 11.1 Å². The van der Waals surface area contributed by atoms with Crippen LogP contribution < -0.4 is 5.32 Å². The zero-order valence-electron chi connectivity index (χ0n) is 26.8. The van der Waals surface area contributed by atoms with Gasteiger partial charge in [-0.2, -0.15) is 18.3 Å². The fourth-order valence-corrected chi connectivity index (χ4v) is 7.86. The zero-order valence-corrected chi connectivity index (χ0v) is 26.8. The number of alkyl halides is 6. The van der Waals surface area contributed by atoms with E-state index in [1.165, 1.54) is 6.07 Å². The highest BCUT2D eigenvalue weighted by molar-refractivity contribution is 6.10. The SMILES string of the molecule is O=C1N[C@]2(C[C@@H](F)c3cc(-c4cnn(C5CN(C6COC6)C5)c4)ccc32)C(=O)N1CC(=O)N(Cc1ccc(F)cc1)C1(C(F)(F)F)CC(F)(F)C1. The van der Waals surface area contributed by atoms with Gasteiger partial charge in [-0.3, -0.25) is 24.1 Å². The second kappa shape index (κ2) is 11.5. The minimum absolute atomic E-state index is 0.00188. The molecule has 0 bridgehead atoms. The van der Waals surface area contributed by atoms with Gasteiger partial charge in [0.1, 0.15) is 29.6 Å². The molecule has 1 spiro atoms. The van der Waals surface area contributed by atoms with Crippen molar-refractivity contribution < 1.29 is 49.9 Å². The summed E-state index contributed by atoms with van der Waals surface area (Å²) >= 11 is 0. The number of benzene rings is 2. The lowest BCUT2D eigenvalue weighted by atomic mass is 9.71. The number of ether oxygens (including phenoxy) is 1. The van der Waals surface area contributed by atoms with Gasteiger partial charge in [0, 0.05) is 50.7 Å². The third kappa shape index (κ3) is 5.38. The van der Waals surface area contributed by atoms with Crippen LogP contribution in [0.1, 0.15) is 48.2 Å². The number of urea groups is 1. The first-order valence-corrected chi connectivity index (χ1v) is 16.4. The number of halogens is 7. The third-order valence-electron chi connectivity index (χ3n) is 10.8. The molecule has 4 amide bonds. The van der Waals surface area contributed by atoms with Gasteiger partial charge in [-0.1, -0.05) is 24.3 Å². The Morgan fingerprint density at radius 1 is 1.02 bits per heavy atom. The zero-order chi connectivity index (χ0) is 36.1. The summed E-state index contributed by atoms with van der Waals surface area (Å²) in [5.74, 6) is -6.94. The number of nitrogens with one attached hydrogen (secondary N) is 1. The van der Waals surface area contributed by atoms with Crippen LogP contribution in [0.4, 0.5) is 35.5 Å². The van der Waals surface area contributed by atoms with Crippen molar-refractivity contribution in [3.05, 3.63) is 77.4 Å². The molecule has 270 valence electrons. The molecule has 17 heteroatoms. The van der Waals surface area contributed by atoms with Crippen molar-refractivity contribution in [2.45, 2.75) is 67.2 Å². The fourth-order valence-electron chi connectivity index (χ4n) is 7.86. The second-order valence-electron chi connectivity index (χ2n) is 14.1. The van der Waals surface area contributed by atoms with E-state index in [0.717, 1.165) is 37.4 Å². The van der Waals surface area contributed by atoms with Crippen LogP contribution in [0.2, 0.25) is 0 Å². The predicted octanol–water partition coefficient (Wildman–Crippen LogP) is 4.87. The summed E-state index contributed by atoms with van der Waals surface area (Å²) in [6.07, 6.45) is -7.53. The maximum atomic E-state index is 15.7.